The maximum atomic E-state index is 11.1. The summed E-state index contributed by atoms with van der Waals surface area (Å²) in [5.74, 6) is 4.45. The normalized spacial score (nSPS) is 9.21. The molecule has 0 radical (unpaired) electrons. The van der Waals surface area contributed by atoms with E-state index in [1.807, 2.05) is 5.43 Å². The van der Waals surface area contributed by atoms with Crippen molar-refractivity contribution in [1.29, 1.82) is 0 Å². The van der Waals surface area contributed by atoms with E-state index in [0.29, 0.717) is 0 Å². The molecule has 0 heterocycles. The van der Waals surface area contributed by atoms with Crippen LogP contribution < -0.4 is 21.7 Å². The van der Waals surface area contributed by atoms with Gasteiger partial charge < -0.3 is 10.5 Å². The van der Waals surface area contributed by atoms with Crippen LogP contribution in [-0.4, -0.2) is 12.0 Å². The third-order valence-corrected chi connectivity index (χ3v) is 1.47. The van der Waals surface area contributed by atoms with Crippen LogP contribution in [0, 0.1) is 0 Å². The smallest absolute Gasteiger partial charge is 0.409 e. The zero-order valence-electron chi connectivity index (χ0n) is 7.19. The second-order valence-electron chi connectivity index (χ2n) is 2.39. The van der Waals surface area contributed by atoms with E-state index in [4.69, 9.17) is 11.6 Å². The van der Waals surface area contributed by atoms with Gasteiger partial charge in [-0.15, -0.1) is 0 Å². The molecule has 1 aromatic rings. The third kappa shape index (κ3) is 2.20. The largest absolute Gasteiger partial charge is 0.410 e. The molecule has 2 amide bonds. The number of nitrogen functional groups attached to an aromatic ring is 1. The molecule has 0 saturated heterocycles. The summed E-state index contributed by atoms with van der Waals surface area (Å²) in [7, 11) is 0. The van der Waals surface area contributed by atoms with Crippen molar-refractivity contribution in [3.05, 3.63) is 29.8 Å². The van der Waals surface area contributed by atoms with E-state index in [-0.39, 0.29) is 11.3 Å². The molecule has 0 aromatic heterocycles. The number of para-hydroxylation sites is 1. The molecule has 6 nitrogen and oxygen atoms in total. The predicted octanol–water partition coefficient (Wildman–Crippen LogP) is -0.252. The van der Waals surface area contributed by atoms with Gasteiger partial charge in [-0.25, -0.2) is 10.6 Å². The highest BCUT2D eigenvalue weighted by molar-refractivity contribution is 5.97. The first-order chi connectivity index (χ1) is 6.65. The lowest BCUT2D eigenvalue weighted by molar-refractivity contribution is 0.0951. The summed E-state index contributed by atoms with van der Waals surface area (Å²) < 4.78 is 4.59. The van der Waals surface area contributed by atoms with Crippen molar-refractivity contribution >= 4 is 12.0 Å². The fourth-order valence-corrected chi connectivity index (χ4v) is 0.929. The summed E-state index contributed by atoms with van der Waals surface area (Å²) >= 11 is 0. The van der Waals surface area contributed by atoms with Crippen molar-refractivity contribution in [2.75, 3.05) is 0 Å². The first kappa shape index (κ1) is 10.0. The van der Waals surface area contributed by atoms with Gasteiger partial charge in [0.25, 0.3) is 5.91 Å². The van der Waals surface area contributed by atoms with E-state index in [1.165, 1.54) is 12.1 Å². The first-order valence-electron chi connectivity index (χ1n) is 3.72. The Balaban J connectivity index is 3.02. The van der Waals surface area contributed by atoms with Gasteiger partial charge in [0.2, 0.25) is 0 Å². The standard InChI is InChI=1S/C8H9N3O3/c9-8(13)14-6-4-2-1-3-5(6)7(12)11-10/h1-4H,10H2,(H2,9,13)(H,11,12). The van der Waals surface area contributed by atoms with Crippen molar-refractivity contribution in [2.24, 2.45) is 11.6 Å². The number of rotatable bonds is 2. The van der Waals surface area contributed by atoms with Gasteiger partial charge >= 0.3 is 6.09 Å². The Labute approximate surface area is 79.8 Å². The molecule has 5 N–H and O–H groups in total. The summed E-state index contributed by atoms with van der Waals surface area (Å²) in [5, 5.41) is 0. The van der Waals surface area contributed by atoms with Crippen molar-refractivity contribution < 1.29 is 14.3 Å². The molecule has 0 bridgehead atoms. The van der Waals surface area contributed by atoms with E-state index >= 15 is 0 Å². The Kier molecular flexibility index (Phi) is 3.03. The van der Waals surface area contributed by atoms with E-state index in [0.717, 1.165) is 0 Å². The number of ether oxygens (including phenoxy) is 1. The zero-order valence-corrected chi connectivity index (χ0v) is 7.19. The molecular weight excluding hydrogens is 186 g/mol. The molecule has 0 fully saturated rings. The minimum atomic E-state index is -0.984. The topological polar surface area (TPSA) is 107 Å². The monoisotopic (exact) mass is 195 g/mol. The van der Waals surface area contributed by atoms with Crippen LogP contribution in [0.4, 0.5) is 4.79 Å². The summed E-state index contributed by atoms with van der Waals surface area (Å²) in [5.41, 5.74) is 6.88. The molecule has 14 heavy (non-hydrogen) atoms. The lowest BCUT2D eigenvalue weighted by atomic mass is 10.2. The van der Waals surface area contributed by atoms with Crippen LogP contribution in [0.25, 0.3) is 0 Å². The fourth-order valence-electron chi connectivity index (χ4n) is 0.929. The van der Waals surface area contributed by atoms with Crippen LogP contribution in [0.1, 0.15) is 10.4 Å². The number of carbonyl (C=O) groups excluding carboxylic acids is 2. The minimum Gasteiger partial charge on any atom is -0.410 e. The summed E-state index contributed by atoms with van der Waals surface area (Å²) in [6.45, 7) is 0. The number of benzene rings is 1. The molecule has 0 aliphatic rings. The molecular formula is C8H9N3O3. The van der Waals surface area contributed by atoms with Crippen LogP contribution in [-0.2, 0) is 0 Å². The molecule has 0 atom stereocenters. The second kappa shape index (κ2) is 4.24. The fraction of sp³-hybridized carbons (Fsp3) is 0. The average Bonchev–Trinajstić information content (AvgIpc) is 2.16. The maximum absolute atomic E-state index is 11.1. The zero-order chi connectivity index (χ0) is 10.6. The Bertz CT molecular complexity index is 365. The van der Waals surface area contributed by atoms with Crippen LogP contribution >= 0.6 is 0 Å². The van der Waals surface area contributed by atoms with Crippen molar-refractivity contribution in [2.45, 2.75) is 0 Å². The van der Waals surface area contributed by atoms with Crippen molar-refractivity contribution in [3.8, 4) is 5.75 Å². The molecule has 74 valence electrons. The van der Waals surface area contributed by atoms with Gasteiger partial charge in [0.05, 0.1) is 5.56 Å². The van der Waals surface area contributed by atoms with Gasteiger partial charge in [-0.3, -0.25) is 10.2 Å². The highest BCUT2D eigenvalue weighted by atomic mass is 16.5. The SMILES string of the molecule is NNC(=O)c1ccccc1OC(N)=O. The average molecular weight is 195 g/mol. The Morgan fingerprint density at radius 3 is 2.50 bits per heavy atom. The number of primary amides is 1. The van der Waals surface area contributed by atoms with Gasteiger partial charge in [0, 0.05) is 0 Å². The number of nitrogens with two attached hydrogens (primary N) is 2. The molecule has 1 rings (SSSR count). The number of nitrogens with one attached hydrogen (secondary N) is 1. The predicted molar refractivity (Wildman–Crippen MR) is 48.3 cm³/mol. The highest BCUT2D eigenvalue weighted by Crippen LogP contribution is 2.17. The van der Waals surface area contributed by atoms with E-state index < -0.39 is 12.0 Å². The number of hydrazine groups is 1. The number of hydrogen-bond donors (Lipinski definition) is 3. The summed E-state index contributed by atoms with van der Waals surface area (Å²) in [6, 6.07) is 6.11. The molecule has 0 unspecified atom stereocenters. The van der Waals surface area contributed by atoms with Crippen molar-refractivity contribution in [3.63, 3.8) is 0 Å². The van der Waals surface area contributed by atoms with Crippen LogP contribution in [0.5, 0.6) is 5.75 Å². The molecule has 0 spiro atoms. The van der Waals surface area contributed by atoms with Crippen LogP contribution in [0.2, 0.25) is 0 Å². The van der Waals surface area contributed by atoms with Gasteiger partial charge in [-0.2, -0.15) is 0 Å². The first-order valence-corrected chi connectivity index (χ1v) is 3.72. The van der Waals surface area contributed by atoms with E-state index in [2.05, 4.69) is 4.74 Å². The molecule has 6 heteroatoms. The molecule has 0 aliphatic heterocycles. The summed E-state index contributed by atoms with van der Waals surface area (Å²) in [4.78, 5) is 21.6. The lowest BCUT2D eigenvalue weighted by Gasteiger charge is -2.06. The molecule has 0 aliphatic carbocycles. The number of amides is 2. The quantitative estimate of drug-likeness (QED) is 0.343. The number of carbonyl (C=O) groups is 2. The Hall–Kier alpha value is -2.08. The second-order valence-corrected chi connectivity index (χ2v) is 2.39. The highest BCUT2D eigenvalue weighted by Gasteiger charge is 2.11. The van der Waals surface area contributed by atoms with Gasteiger partial charge in [-0.05, 0) is 12.1 Å². The third-order valence-electron chi connectivity index (χ3n) is 1.47. The van der Waals surface area contributed by atoms with Crippen molar-refractivity contribution in [1.82, 2.24) is 5.43 Å². The molecule has 0 saturated carbocycles. The Morgan fingerprint density at radius 1 is 1.29 bits per heavy atom. The summed E-state index contributed by atoms with van der Waals surface area (Å²) in [6.07, 6.45) is -0.984. The number of hydrogen-bond acceptors (Lipinski definition) is 4. The lowest BCUT2D eigenvalue weighted by Crippen LogP contribution is -2.30. The maximum Gasteiger partial charge on any atom is 0.409 e. The molecule has 1 aromatic carbocycles. The van der Waals surface area contributed by atoms with Gasteiger partial charge in [-0.1, -0.05) is 12.1 Å². The Morgan fingerprint density at radius 2 is 1.93 bits per heavy atom. The van der Waals surface area contributed by atoms with E-state index in [9.17, 15) is 9.59 Å². The van der Waals surface area contributed by atoms with E-state index in [1.54, 1.807) is 12.1 Å². The van der Waals surface area contributed by atoms with Gasteiger partial charge in [0.15, 0.2) is 0 Å². The van der Waals surface area contributed by atoms with Gasteiger partial charge in [0.1, 0.15) is 5.75 Å². The van der Waals surface area contributed by atoms with Crippen LogP contribution in [0.15, 0.2) is 24.3 Å². The minimum absolute atomic E-state index is 0.0722. The van der Waals surface area contributed by atoms with Crippen LogP contribution in [0.3, 0.4) is 0 Å².